The van der Waals surface area contributed by atoms with E-state index in [1.807, 2.05) is 25.1 Å². The maximum atomic E-state index is 12.6. The number of methoxy groups -OCH3 is 1. The lowest BCUT2D eigenvalue weighted by Crippen LogP contribution is -2.37. The zero-order chi connectivity index (χ0) is 20.3. The first-order valence-corrected chi connectivity index (χ1v) is 11.3. The van der Waals surface area contributed by atoms with Gasteiger partial charge in [-0.2, -0.15) is 0 Å². The van der Waals surface area contributed by atoms with Crippen molar-refractivity contribution in [2.45, 2.75) is 57.3 Å². The van der Waals surface area contributed by atoms with Gasteiger partial charge in [0.2, 0.25) is 0 Å². The summed E-state index contributed by atoms with van der Waals surface area (Å²) in [4.78, 5) is 17.5. The van der Waals surface area contributed by atoms with Crippen molar-refractivity contribution in [2.75, 3.05) is 20.3 Å². The van der Waals surface area contributed by atoms with Crippen LogP contribution in [0.5, 0.6) is 0 Å². The maximum Gasteiger partial charge on any atom is 0.318 e. The van der Waals surface area contributed by atoms with Crippen molar-refractivity contribution in [1.82, 2.24) is 0 Å². The molecule has 0 amide bonds. The van der Waals surface area contributed by atoms with Crippen LogP contribution in [0.25, 0.3) is 0 Å². The first-order valence-electron chi connectivity index (χ1n) is 9.70. The van der Waals surface area contributed by atoms with Gasteiger partial charge >= 0.3 is 5.97 Å². The molecule has 28 heavy (non-hydrogen) atoms. The van der Waals surface area contributed by atoms with Crippen molar-refractivity contribution < 1.29 is 19.0 Å². The topological polar surface area (TPSA) is 57.1 Å². The highest BCUT2D eigenvalue weighted by atomic mass is 79.9. The lowest BCUT2D eigenvalue weighted by molar-refractivity contribution is -0.183. The molecule has 1 spiro atoms. The SMILES string of the molecule is COC(=O)C(/C(C)=N/[C@H](C)C1CCC2(CC1)OCCO2)c1cc(Br)ccc1Br. The van der Waals surface area contributed by atoms with Crippen molar-refractivity contribution >= 4 is 43.5 Å². The number of carbonyl (C=O) groups excluding carboxylic acids is 1. The summed E-state index contributed by atoms with van der Waals surface area (Å²) in [6, 6.07) is 5.92. The normalized spacial score (nSPS) is 22.2. The molecule has 154 valence electrons. The van der Waals surface area contributed by atoms with E-state index in [1.54, 1.807) is 0 Å². The lowest BCUT2D eigenvalue weighted by Gasteiger charge is -2.36. The van der Waals surface area contributed by atoms with E-state index in [-0.39, 0.29) is 17.8 Å². The second-order valence-corrected chi connectivity index (χ2v) is 9.35. The van der Waals surface area contributed by atoms with Gasteiger partial charge < -0.3 is 14.2 Å². The fourth-order valence-corrected chi connectivity index (χ4v) is 5.08. The average molecular weight is 517 g/mol. The average Bonchev–Trinajstić information content (AvgIpc) is 3.13. The summed E-state index contributed by atoms with van der Waals surface area (Å²) in [6.45, 7) is 5.44. The molecule has 1 aliphatic heterocycles. The highest BCUT2D eigenvalue weighted by molar-refractivity contribution is 9.11. The third kappa shape index (κ3) is 4.86. The molecule has 5 nitrogen and oxygen atoms in total. The van der Waals surface area contributed by atoms with E-state index in [0.29, 0.717) is 19.1 Å². The molecule has 1 aromatic carbocycles. The van der Waals surface area contributed by atoms with Crippen LogP contribution in [0, 0.1) is 5.92 Å². The number of esters is 1. The van der Waals surface area contributed by atoms with E-state index in [4.69, 9.17) is 19.2 Å². The molecule has 1 aliphatic carbocycles. The summed E-state index contributed by atoms with van der Waals surface area (Å²) in [5.74, 6) is -0.735. The van der Waals surface area contributed by atoms with Gasteiger partial charge in [0.1, 0.15) is 5.92 Å². The first-order chi connectivity index (χ1) is 13.3. The van der Waals surface area contributed by atoms with Gasteiger partial charge in [0.25, 0.3) is 0 Å². The van der Waals surface area contributed by atoms with E-state index < -0.39 is 5.92 Å². The second kappa shape index (κ2) is 9.37. The third-order valence-corrected chi connectivity index (χ3v) is 7.03. The number of benzene rings is 1. The Hall–Kier alpha value is -0.760. The van der Waals surface area contributed by atoms with Crippen LogP contribution < -0.4 is 0 Å². The lowest BCUT2D eigenvalue weighted by atomic mass is 9.81. The summed E-state index contributed by atoms with van der Waals surface area (Å²) < 4.78 is 18.5. The molecule has 2 atom stereocenters. The van der Waals surface area contributed by atoms with Gasteiger partial charge in [0.15, 0.2) is 5.79 Å². The minimum absolute atomic E-state index is 0.122. The van der Waals surface area contributed by atoms with Crippen LogP contribution in [0.1, 0.15) is 51.0 Å². The first kappa shape index (κ1) is 21.9. The number of nitrogens with zero attached hydrogens (tertiary/aromatic N) is 1. The van der Waals surface area contributed by atoms with Crippen molar-refractivity contribution in [3.8, 4) is 0 Å². The number of aliphatic imine (C=N–C) groups is 1. The molecule has 7 heteroatoms. The number of hydrogen-bond acceptors (Lipinski definition) is 5. The van der Waals surface area contributed by atoms with E-state index in [9.17, 15) is 4.79 Å². The van der Waals surface area contributed by atoms with Crippen molar-refractivity contribution in [3.05, 3.63) is 32.7 Å². The van der Waals surface area contributed by atoms with Gasteiger partial charge in [-0.3, -0.25) is 9.79 Å². The van der Waals surface area contributed by atoms with Crippen LogP contribution in [0.15, 0.2) is 32.1 Å². The Kier molecular flexibility index (Phi) is 7.34. The Bertz CT molecular complexity index is 736. The Balaban J connectivity index is 1.76. The molecule has 0 radical (unpaired) electrons. The Morgan fingerprint density at radius 1 is 1.25 bits per heavy atom. The van der Waals surface area contributed by atoms with Gasteiger partial charge in [-0.1, -0.05) is 31.9 Å². The van der Waals surface area contributed by atoms with E-state index in [1.165, 1.54) is 7.11 Å². The molecular weight excluding hydrogens is 490 g/mol. The van der Waals surface area contributed by atoms with Crippen molar-refractivity contribution in [3.63, 3.8) is 0 Å². The largest absolute Gasteiger partial charge is 0.468 e. The van der Waals surface area contributed by atoms with Crippen LogP contribution in [0.3, 0.4) is 0 Å². The number of ether oxygens (including phenoxy) is 3. The number of rotatable bonds is 5. The number of carbonyl (C=O) groups is 1. The molecule has 1 heterocycles. The molecule has 1 saturated carbocycles. The molecule has 0 aromatic heterocycles. The Morgan fingerprint density at radius 3 is 2.50 bits per heavy atom. The highest BCUT2D eigenvalue weighted by Gasteiger charge is 2.41. The summed E-state index contributed by atoms with van der Waals surface area (Å²) in [6.07, 6.45) is 3.85. The monoisotopic (exact) mass is 515 g/mol. The standard InChI is InChI=1S/C21H27Br2NO4/c1-13(15-6-8-21(9-7-15)27-10-11-28-21)24-14(2)19(20(25)26-3)17-12-16(22)4-5-18(17)23/h4-5,12-13,15,19H,6-11H2,1-3H3/b24-14+/t13-,19?/m1/s1. The van der Waals surface area contributed by atoms with Gasteiger partial charge in [-0.25, -0.2) is 0 Å². The predicted octanol–water partition coefficient (Wildman–Crippen LogP) is 5.25. The zero-order valence-electron chi connectivity index (χ0n) is 16.5. The molecule has 3 rings (SSSR count). The number of hydrogen-bond donors (Lipinski definition) is 0. The fourth-order valence-electron chi connectivity index (χ4n) is 4.23. The molecule has 1 saturated heterocycles. The second-order valence-electron chi connectivity index (χ2n) is 7.58. The van der Waals surface area contributed by atoms with E-state index in [2.05, 4.69) is 38.8 Å². The molecule has 2 aliphatic rings. The highest BCUT2D eigenvalue weighted by Crippen LogP contribution is 2.40. The molecular formula is C21H27Br2NO4. The van der Waals surface area contributed by atoms with Crippen LogP contribution in [-0.4, -0.2) is 43.8 Å². The summed E-state index contributed by atoms with van der Waals surface area (Å²) in [5.41, 5.74) is 1.62. The zero-order valence-corrected chi connectivity index (χ0v) is 19.7. The van der Waals surface area contributed by atoms with Gasteiger partial charge in [0.05, 0.1) is 20.3 Å². The molecule has 0 bridgehead atoms. The molecule has 1 aromatic rings. The minimum Gasteiger partial charge on any atom is -0.468 e. The van der Waals surface area contributed by atoms with Crippen LogP contribution in [0.4, 0.5) is 0 Å². The van der Waals surface area contributed by atoms with Crippen LogP contribution in [0.2, 0.25) is 0 Å². The van der Waals surface area contributed by atoms with E-state index >= 15 is 0 Å². The van der Waals surface area contributed by atoms with Crippen LogP contribution in [-0.2, 0) is 19.0 Å². The maximum absolute atomic E-state index is 12.6. The third-order valence-electron chi connectivity index (χ3n) is 5.82. The van der Waals surface area contributed by atoms with E-state index in [0.717, 1.165) is 45.9 Å². The Labute approximate surface area is 183 Å². The van der Waals surface area contributed by atoms with Crippen molar-refractivity contribution in [1.29, 1.82) is 0 Å². The number of halogens is 2. The quantitative estimate of drug-likeness (QED) is 0.396. The van der Waals surface area contributed by atoms with Gasteiger partial charge in [0, 0.05) is 33.5 Å². The molecule has 2 fully saturated rings. The fraction of sp³-hybridized carbons (Fsp3) is 0.619. The van der Waals surface area contributed by atoms with Gasteiger partial charge in [-0.15, -0.1) is 0 Å². The minimum atomic E-state index is -0.532. The summed E-state index contributed by atoms with van der Waals surface area (Å²) >= 11 is 7.05. The predicted molar refractivity (Wildman–Crippen MR) is 116 cm³/mol. The molecule has 0 N–H and O–H groups in total. The summed E-state index contributed by atoms with van der Waals surface area (Å²) in [5, 5.41) is 0. The molecule has 1 unspecified atom stereocenters. The van der Waals surface area contributed by atoms with Crippen LogP contribution >= 0.6 is 31.9 Å². The van der Waals surface area contributed by atoms with Crippen molar-refractivity contribution in [2.24, 2.45) is 10.9 Å². The Morgan fingerprint density at radius 2 is 1.89 bits per heavy atom. The summed E-state index contributed by atoms with van der Waals surface area (Å²) in [7, 11) is 1.42. The van der Waals surface area contributed by atoms with Gasteiger partial charge in [-0.05, 0) is 56.4 Å². The smallest absolute Gasteiger partial charge is 0.318 e.